The Kier molecular flexibility index (Phi) is 11.6. The lowest BCUT2D eigenvalue weighted by atomic mass is 9.93. The topological polar surface area (TPSA) is 110 Å². The number of amides is 1. The van der Waals surface area contributed by atoms with Gasteiger partial charge in [-0.25, -0.2) is 13.2 Å². The Morgan fingerprint density at radius 1 is 1.05 bits per heavy atom. The number of thioether (sulfide) groups is 1. The number of halogens is 1. The summed E-state index contributed by atoms with van der Waals surface area (Å²) in [7, 11) is -3.39. The molecule has 0 saturated carbocycles. The van der Waals surface area contributed by atoms with E-state index >= 15 is 0 Å². The molecular weight excluding hydrogens is 570 g/mol. The first-order valence-corrected chi connectivity index (χ1v) is 16.4. The predicted molar refractivity (Wildman–Crippen MR) is 162 cm³/mol. The summed E-state index contributed by atoms with van der Waals surface area (Å²) in [5.74, 6) is -0.538. The van der Waals surface area contributed by atoms with Gasteiger partial charge in [0.25, 0.3) is 5.91 Å². The number of carboxylic acids is 1. The molecule has 0 bridgehead atoms. The molecule has 7 nitrogen and oxygen atoms in total. The van der Waals surface area contributed by atoms with E-state index in [1.807, 2.05) is 61.5 Å². The smallest absolute Gasteiger partial charge is 0.326 e. The minimum absolute atomic E-state index is 0.181. The van der Waals surface area contributed by atoms with E-state index in [-0.39, 0.29) is 30.4 Å². The number of sulfone groups is 1. The highest BCUT2D eigenvalue weighted by Gasteiger charge is 2.24. The first-order chi connectivity index (χ1) is 19.0. The van der Waals surface area contributed by atoms with Crippen molar-refractivity contribution in [3.8, 4) is 11.1 Å². The van der Waals surface area contributed by atoms with Crippen LogP contribution >= 0.6 is 23.4 Å². The van der Waals surface area contributed by atoms with Crippen LogP contribution in [-0.4, -0.2) is 55.0 Å². The van der Waals surface area contributed by atoms with Crippen molar-refractivity contribution in [2.24, 2.45) is 0 Å². The van der Waals surface area contributed by atoms with Gasteiger partial charge in [-0.05, 0) is 71.2 Å². The molecule has 0 aliphatic heterocycles. The first-order valence-electron chi connectivity index (χ1n) is 12.8. The van der Waals surface area contributed by atoms with Crippen molar-refractivity contribution in [2.45, 2.75) is 39.0 Å². The number of aliphatic carboxylic acids is 1. The maximum absolute atomic E-state index is 13.3. The number of aryl methyl sites for hydroxylation is 1. The Hall–Kier alpha value is -2.85. The molecule has 0 fully saturated rings. The van der Waals surface area contributed by atoms with Crippen LogP contribution in [0.5, 0.6) is 0 Å². The normalized spacial score (nSPS) is 13.0. The van der Waals surface area contributed by atoms with Gasteiger partial charge in [0.1, 0.15) is 15.9 Å². The standard InChI is InChI=1S/C30H34ClNO6S2/c1-4-39-19-28(22-9-7-10-23(31)17-22)38-18-21-12-13-25(26(16-21)24-11-6-5-8-20(24)2)29(33)32-27(30(34)35)14-15-40(3,36)37/h5-13,16-17,27-28H,4,14-15,18-19H2,1-3H3,(H,32,33)(H,34,35)/t27-,28+/m0/s1. The van der Waals surface area contributed by atoms with E-state index in [0.717, 1.165) is 40.0 Å². The molecule has 2 N–H and O–H groups in total. The molecule has 0 aliphatic rings. The van der Waals surface area contributed by atoms with Gasteiger partial charge in [0, 0.05) is 22.6 Å². The average Bonchev–Trinajstić information content (AvgIpc) is 2.90. The van der Waals surface area contributed by atoms with Gasteiger partial charge in [-0.1, -0.05) is 61.0 Å². The van der Waals surface area contributed by atoms with Gasteiger partial charge in [-0.3, -0.25) is 4.79 Å². The van der Waals surface area contributed by atoms with E-state index in [2.05, 4.69) is 12.2 Å². The van der Waals surface area contributed by atoms with E-state index < -0.39 is 27.8 Å². The van der Waals surface area contributed by atoms with Crippen LogP contribution in [0.3, 0.4) is 0 Å². The number of hydrogen-bond acceptors (Lipinski definition) is 6. The van der Waals surface area contributed by atoms with Crippen molar-refractivity contribution in [1.29, 1.82) is 0 Å². The lowest BCUT2D eigenvalue weighted by Crippen LogP contribution is -2.42. The molecule has 3 aromatic rings. The Morgan fingerprint density at radius 3 is 2.45 bits per heavy atom. The zero-order valence-electron chi connectivity index (χ0n) is 22.7. The molecular formula is C30H34ClNO6S2. The van der Waals surface area contributed by atoms with Gasteiger partial charge in [0.2, 0.25) is 0 Å². The lowest BCUT2D eigenvalue weighted by Gasteiger charge is -2.20. The highest BCUT2D eigenvalue weighted by Crippen LogP contribution is 2.30. The number of hydrogen-bond donors (Lipinski definition) is 2. The fraction of sp³-hybridized carbons (Fsp3) is 0.333. The molecule has 3 rings (SSSR count). The summed E-state index contributed by atoms with van der Waals surface area (Å²) < 4.78 is 29.5. The van der Waals surface area contributed by atoms with Crippen LogP contribution in [0, 0.1) is 6.92 Å². The van der Waals surface area contributed by atoms with Crippen LogP contribution in [0.25, 0.3) is 11.1 Å². The minimum atomic E-state index is -3.39. The van der Waals surface area contributed by atoms with Crippen molar-refractivity contribution >= 4 is 45.1 Å². The van der Waals surface area contributed by atoms with Crippen molar-refractivity contribution in [3.05, 3.63) is 94.0 Å². The summed E-state index contributed by atoms with van der Waals surface area (Å²) in [6.07, 6.45) is 0.620. The number of benzene rings is 3. The molecule has 0 radical (unpaired) electrons. The molecule has 3 aromatic carbocycles. The molecule has 0 aliphatic carbocycles. The fourth-order valence-electron chi connectivity index (χ4n) is 4.17. The predicted octanol–water partition coefficient (Wildman–Crippen LogP) is 5.94. The van der Waals surface area contributed by atoms with Crippen molar-refractivity contribution < 1.29 is 27.9 Å². The van der Waals surface area contributed by atoms with E-state index in [9.17, 15) is 23.1 Å². The minimum Gasteiger partial charge on any atom is -0.480 e. The van der Waals surface area contributed by atoms with Crippen LogP contribution in [-0.2, 0) is 26.0 Å². The second-order valence-corrected chi connectivity index (χ2v) is 13.5. The van der Waals surface area contributed by atoms with E-state index in [0.29, 0.717) is 10.6 Å². The number of rotatable bonds is 14. The molecule has 0 saturated heterocycles. The summed E-state index contributed by atoms with van der Waals surface area (Å²) in [6.45, 7) is 4.31. The quantitative estimate of drug-likeness (QED) is 0.234. The summed E-state index contributed by atoms with van der Waals surface area (Å²) in [5, 5.41) is 12.7. The van der Waals surface area contributed by atoms with Crippen LogP contribution in [0.4, 0.5) is 0 Å². The molecule has 0 spiro atoms. The molecule has 214 valence electrons. The van der Waals surface area contributed by atoms with Crippen molar-refractivity contribution in [1.82, 2.24) is 5.32 Å². The summed E-state index contributed by atoms with van der Waals surface area (Å²) in [4.78, 5) is 25.1. The highest BCUT2D eigenvalue weighted by atomic mass is 35.5. The summed E-state index contributed by atoms with van der Waals surface area (Å²) >= 11 is 7.99. The van der Waals surface area contributed by atoms with Crippen LogP contribution in [0.15, 0.2) is 66.7 Å². The van der Waals surface area contributed by atoms with Gasteiger partial charge in [0.05, 0.1) is 18.5 Å². The molecule has 10 heteroatoms. The van der Waals surface area contributed by atoms with Crippen LogP contribution in [0.2, 0.25) is 5.02 Å². The van der Waals surface area contributed by atoms with E-state index in [4.69, 9.17) is 16.3 Å². The second-order valence-electron chi connectivity index (χ2n) is 9.49. The van der Waals surface area contributed by atoms with Crippen molar-refractivity contribution in [2.75, 3.05) is 23.5 Å². The molecule has 2 atom stereocenters. The third-order valence-electron chi connectivity index (χ3n) is 6.29. The van der Waals surface area contributed by atoms with Gasteiger partial charge in [0.15, 0.2) is 0 Å². The Bertz CT molecular complexity index is 1440. The Morgan fingerprint density at radius 2 is 1.80 bits per heavy atom. The number of carbonyl (C=O) groups is 2. The highest BCUT2D eigenvalue weighted by molar-refractivity contribution is 7.99. The lowest BCUT2D eigenvalue weighted by molar-refractivity contribution is -0.139. The largest absolute Gasteiger partial charge is 0.480 e. The number of carboxylic acid groups (broad SMARTS) is 1. The maximum atomic E-state index is 13.3. The average molecular weight is 604 g/mol. The fourth-order valence-corrected chi connectivity index (χ4v) is 5.77. The van der Waals surface area contributed by atoms with E-state index in [1.54, 1.807) is 23.9 Å². The third-order valence-corrected chi connectivity index (χ3v) is 8.45. The third kappa shape index (κ3) is 9.37. The Labute approximate surface area is 245 Å². The SMILES string of the molecule is CCSC[C@@H](OCc1ccc(C(=O)N[C@@H](CCS(C)(=O)=O)C(=O)O)c(-c2ccccc2C)c1)c1cccc(Cl)c1. The monoisotopic (exact) mass is 603 g/mol. The van der Waals surface area contributed by atoms with E-state index in [1.165, 1.54) is 0 Å². The number of ether oxygens (including phenoxy) is 1. The molecule has 40 heavy (non-hydrogen) atoms. The second kappa shape index (κ2) is 14.7. The summed E-state index contributed by atoms with van der Waals surface area (Å²) in [5.41, 5.74) is 4.51. The number of carbonyl (C=O) groups excluding carboxylic acids is 1. The Balaban J connectivity index is 1.91. The zero-order valence-corrected chi connectivity index (χ0v) is 25.1. The van der Waals surface area contributed by atoms with Crippen molar-refractivity contribution in [3.63, 3.8) is 0 Å². The van der Waals surface area contributed by atoms with Crippen LogP contribution < -0.4 is 5.32 Å². The maximum Gasteiger partial charge on any atom is 0.326 e. The zero-order chi connectivity index (χ0) is 29.3. The summed E-state index contributed by atoms with van der Waals surface area (Å²) in [6, 6.07) is 19.2. The van der Waals surface area contributed by atoms with Gasteiger partial charge < -0.3 is 15.2 Å². The van der Waals surface area contributed by atoms with Gasteiger partial charge in [-0.2, -0.15) is 11.8 Å². The molecule has 0 heterocycles. The van der Waals surface area contributed by atoms with Gasteiger partial charge >= 0.3 is 5.97 Å². The number of nitrogens with one attached hydrogen (secondary N) is 1. The van der Waals surface area contributed by atoms with Gasteiger partial charge in [-0.15, -0.1) is 0 Å². The first kappa shape index (κ1) is 31.7. The van der Waals surface area contributed by atoms with Crippen LogP contribution in [0.1, 0.15) is 46.5 Å². The molecule has 0 unspecified atom stereocenters. The molecule has 1 amide bonds. The molecule has 0 aromatic heterocycles.